The topological polar surface area (TPSA) is 172 Å². The first kappa shape index (κ1) is 45.1. The van der Waals surface area contributed by atoms with Gasteiger partial charge in [-0.2, -0.15) is 0 Å². The van der Waals surface area contributed by atoms with Crippen molar-refractivity contribution in [2.45, 2.75) is 83.8 Å². The first-order chi connectivity index (χ1) is 31.8. The van der Waals surface area contributed by atoms with Gasteiger partial charge >= 0.3 is 12.2 Å². The van der Waals surface area contributed by atoms with Gasteiger partial charge in [-0.05, 0) is 80.0 Å². The summed E-state index contributed by atoms with van der Waals surface area (Å²) < 4.78 is 18.8. The Kier molecular flexibility index (Phi) is 12.8. The van der Waals surface area contributed by atoms with Crippen molar-refractivity contribution in [1.82, 2.24) is 44.9 Å². The van der Waals surface area contributed by atoms with Crippen molar-refractivity contribution < 1.29 is 28.6 Å². The molecule has 4 N–H and O–H groups in total. The lowest BCUT2D eigenvalue weighted by molar-refractivity contribution is -0.135. The third-order valence-corrected chi connectivity index (χ3v) is 13.9. The molecule has 2 fully saturated rings. The molecule has 3 aromatic carbocycles. The van der Waals surface area contributed by atoms with Crippen LogP contribution in [0.25, 0.3) is 44.7 Å². The van der Waals surface area contributed by atoms with E-state index in [1.807, 2.05) is 74.6 Å². The van der Waals surface area contributed by atoms with Crippen molar-refractivity contribution >= 4 is 52.2 Å². The van der Waals surface area contributed by atoms with E-state index in [4.69, 9.17) is 47.4 Å². The SMILES string of the molecule is COC(=O)NC(CN1CCCC1c1ncc(-c2ccc3c(c2)OC(c2ccc(-c4cnc(C5CCCN5C(=O)C(NC(=O)OC)C(C)C)[nH]4)cc2)n2c-3c(Cl)c3cc(Cl)ccc32)[nH]1)C(C)C. The van der Waals surface area contributed by atoms with E-state index in [9.17, 15) is 14.4 Å². The molecule has 0 bridgehead atoms. The molecule has 66 heavy (non-hydrogen) atoms. The molecule has 9 rings (SSSR count). The summed E-state index contributed by atoms with van der Waals surface area (Å²) in [7, 11) is 2.68. The zero-order valence-electron chi connectivity index (χ0n) is 37.9. The molecule has 2 saturated heterocycles. The Morgan fingerprint density at radius 3 is 2.15 bits per heavy atom. The van der Waals surface area contributed by atoms with E-state index < -0.39 is 24.5 Å². The number of alkyl carbamates (subject to hydrolysis) is 2. The summed E-state index contributed by atoms with van der Waals surface area (Å²) in [5.74, 6) is 2.18. The lowest BCUT2D eigenvalue weighted by atomic mass is 10.0. The second-order valence-corrected chi connectivity index (χ2v) is 18.9. The number of carbonyl (C=O) groups excluding carboxylic acids is 3. The summed E-state index contributed by atoms with van der Waals surface area (Å²) in [5.41, 5.74) is 6.98. The molecule has 17 heteroatoms. The first-order valence-electron chi connectivity index (χ1n) is 22.6. The third kappa shape index (κ3) is 8.59. The smallest absolute Gasteiger partial charge is 0.407 e. The maximum atomic E-state index is 13.7. The van der Waals surface area contributed by atoms with Crippen molar-refractivity contribution in [3.8, 4) is 39.5 Å². The predicted molar refractivity (Wildman–Crippen MR) is 253 cm³/mol. The van der Waals surface area contributed by atoms with Gasteiger partial charge in [0.05, 0.1) is 66.3 Å². The standard InChI is InChI=1S/C49H55Cl2N9O6/c1-26(2)36(56-48(62)64-5)25-58-19-7-9-38(58)44-52-24-35(55-44)30-15-17-32-40(21-30)66-47(60-37-18-16-31(50)22-33(37)41(51)43(32)60)29-13-11-28(12-14-29)34-23-53-45(54-34)39-10-8-20-59(39)46(61)42(27(3)4)57-49(63)65-6/h11-18,21-24,26-27,36,38-39,42,47H,7-10,19-20,25H2,1-6H3,(H,52,55)(H,53,54)(H,56,62)(H,57,63). The highest BCUT2D eigenvalue weighted by Gasteiger charge is 2.38. The second-order valence-electron chi connectivity index (χ2n) is 18.0. The van der Waals surface area contributed by atoms with Crippen LogP contribution in [0.1, 0.15) is 88.9 Å². The third-order valence-electron chi connectivity index (χ3n) is 13.3. The van der Waals surface area contributed by atoms with Crippen LogP contribution in [-0.2, 0) is 14.3 Å². The van der Waals surface area contributed by atoms with Crippen molar-refractivity contribution in [3.05, 3.63) is 100 Å². The van der Waals surface area contributed by atoms with Gasteiger partial charge in [0.15, 0.2) is 0 Å². The Labute approximate surface area is 393 Å². The van der Waals surface area contributed by atoms with E-state index in [1.165, 1.54) is 14.2 Å². The maximum absolute atomic E-state index is 13.7. The summed E-state index contributed by atoms with van der Waals surface area (Å²) in [6, 6.07) is 19.1. The monoisotopic (exact) mass is 935 g/mol. The molecule has 15 nitrogen and oxygen atoms in total. The molecule has 3 aliphatic rings. The summed E-state index contributed by atoms with van der Waals surface area (Å²) >= 11 is 13.8. The van der Waals surface area contributed by atoms with Crippen LogP contribution in [0.4, 0.5) is 9.59 Å². The summed E-state index contributed by atoms with van der Waals surface area (Å²) in [6.45, 7) is 10.2. The number of hydrogen-bond acceptors (Lipinski definition) is 9. The zero-order chi connectivity index (χ0) is 46.4. The number of amides is 3. The number of nitrogens with one attached hydrogen (secondary N) is 4. The van der Waals surface area contributed by atoms with Crippen LogP contribution in [0.3, 0.4) is 0 Å². The van der Waals surface area contributed by atoms with Crippen LogP contribution in [0, 0.1) is 11.8 Å². The van der Waals surface area contributed by atoms with E-state index in [0.717, 1.165) is 88.3 Å². The number of likely N-dealkylation sites (tertiary alicyclic amines) is 2. The van der Waals surface area contributed by atoms with Gasteiger partial charge in [0.1, 0.15) is 23.4 Å². The summed E-state index contributed by atoms with van der Waals surface area (Å²) in [5, 5.41) is 7.72. The number of nitrogens with zero attached hydrogens (tertiary/aromatic N) is 5. The summed E-state index contributed by atoms with van der Waals surface area (Å²) in [4.78, 5) is 58.9. The quantitative estimate of drug-likeness (QED) is 0.0932. The number of imidazole rings is 2. The molecule has 6 heterocycles. The average Bonchev–Trinajstić information content (AvgIpc) is 4.18. The van der Waals surface area contributed by atoms with Gasteiger partial charge in [-0.25, -0.2) is 19.6 Å². The minimum Gasteiger partial charge on any atom is -0.465 e. The van der Waals surface area contributed by atoms with Crippen molar-refractivity contribution in [3.63, 3.8) is 0 Å². The van der Waals surface area contributed by atoms with Gasteiger partial charge < -0.3 is 39.7 Å². The second kappa shape index (κ2) is 18.7. The Morgan fingerprint density at radius 2 is 1.45 bits per heavy atom. The number of ether oxygens (including phenoxy) is 3. The van der Waals surface area contributed by atoms with Gasteiger partial charge in [0.2, 0.25) is 12.1 Å². The molecule has 3 aromatic heterocycles. The fourth-order valence-electron chi connectivity index (χ4n) is 9.68. The Hall–Kier alpha value is -6.03. The normalized spacial score (nSPS) is 19.1. The molecular formula is C49H55Cl2N9O6. The van der Waals surface area contributed by atoms with Crippen LogP contribution in [0.5, 0.6) is 5.75 Å². The van der Waals surface area contributed by atoms with Crippen LogP contribution in [0.15, 0.2) is 73.1 Å². The maximum Gasteiger partial charge on any atom is 0.407 e. The summed E-state index contributed by atoms with van der Waals surface area (Å²) in [6.07, 6.45) is 5.59. The first-order valence-corrected chi connectivity index (χ1v) is 23.3. The number of aromatic nitrogens is 5. The van der Waals surface area contributed by atoms with Gasteiger partial charge in [0, 0.05) is 46.2 Å². The number of halogens is 2. The van der Waals surface area contributed by atoms with Gasteiger partial charge in [-0.3, -0.25) is 14.3 Å². The molecule has 6 aromatic rings. The van der Waals surface area contributed by atoms with E-state index in [-0.39, 0.29) is 35.9 Å². The number of methoxy groups -OCH3 is 2. The molecule has 0 radical (unpaired) electrons. The highest BCUT2D eigenvalue weighted by atomic mass is 35.5. The van der Waals surface area contributed by atoms with E-state index in [2.05, 4.69) is 50.0 Å². The van der Waals surface area contributed by atoms with Gasteiger partial charge in [0.25, 0.3) is 0 Å². The molecular weight excluding hydrogens is 882 g/mol. The minimum atomic E-state index is -0.717. The number of hydrogen-bond donors (Lipinski definition) is 4. The predicted octanol–water partition coefficient (Wildman–Crippen LogP) is 9.90. The number of aromatic amines is 2. The molecule has 5 unspecified atom stereocenters. The van der Waals surface area contributed by atoms with Gasteiger partial charge in [-0.1, -0.05) is 81.2 Å². The Morgan fingerprint density at radius 1 is 0.803 bits per heavy atom. The van der Waals surface area contributed by atoms with Crippen molar-refractivity contribution in [2.24, 2.45) is 11.8 Å². The molecule has 3 aliphatic heterocycles. The lowest BCUT2D eigenvalue weighted by Crippen LogP contribution is -2.51. The van der Waals surface area contributed by atoms with E-state index >= 15 is 0 Å². The number of H-pyrrole nitrogens is 2. The highest BCUT2D eigenvalue weighted by Crippen LogP contribution is 2.50. The molecule has 0 aliphatic carbocycles. The number of benzene rings is 3. The Bertz CT molecular complexity index is 2760. The van der Waals surface area contributed by atoms with Crippen LogP contribution in [-0.4, -0.2) is 98.3 Å². The van der Waals surface area contributed by atoms with Crippen LogP contribution < -0.4 is 15.4 Å². The largest absolute Gasteiger partial charge is 0.465 e. The molecule has 3 amide bonds. The van der Waals surface area contributed by atoms with Crippen molar-refractivity contribution in [2.75, 3.05) is 33.9 Å². The molecule has 5 atom stereocenters. The van der Waals surface area contributed by atoms with Crippen LogP contribution >= 0.6 is 23.2 Å². The number of fused-ring (bicyclic) bond motifs is 5. The molecule has 0 spiro atoms. The lowest BCUT2D eigenvalue weighted by Gasteiger charge is -2.31. The van der Waals surface area contributed by atoms with Gasteiger partial charge in [-0.15, -0.1) is 0 Å². The van der Waals surface area contributed by atoms with Crippen LogP contribution in [0.2, 0.25) is 10.0 Å². The molecule has 0 saturated carbocycles. The van der Waals surface area contributed by atoms with E-state index in [1.54, 1.807) is 11.1 Å². The number of rotatable bonds is 12. The average molecular weight is 937 g/mol. The number of carbonyl (C=O) groups is 3. The fraction of sp³-hybridized carbons (Fsp3) is 0.408. The molecule has 346 valence electrons. The van der Waals surface area contributed by atoms with E-state index in [0.29, 0.717) is 34.7 Å². The van der Waals surface area contributed by atoms with Crippen molar-refractivity contribution in [1.29, 1.82) is 0 Å². The highest BCUT2D eigenvalue weighted by molar-refractivity contribution is 6.39. The Balaban J connectivity index is 0.986. The zero-order valence-corrected chi connectivity index (χ0v) is 39.4. The fourth-order valence-corrected chi connectivity index (χ4v) is 10.2. The minimum absolute atomic E-state index is 0.0688.